The number of rotatable bonds is 1. The van der Waals surface area contributed by atoms with Gasteiger partial charge in [-0.2, -0.15) is 13.2 Å². The molecule has 0 spiro atoms. The van der Waals surface area contributed by atoms with Gasteiger partial charge < -0.3 is 4.74 Å². The van der Waals surface area contributed by atoms with Gasteiger partial charge >= 0.3 is 12.1 Å². The minimum Gasteiger partial charge on any atom is -0.456 e. The molecule has 0 radical (unpaired) electrons. The second kappa shape index (κ2) is 4.41. The first-order valence-corrected chi connectivity index (χ1v) is 5.08. The van der Waals surface area contributed by atoms with Crippen LogP contribution in [-0.2, 0) is 9.53 Å². The number of ether oxygens (including phenoxy) is 1. The molecular formula is C10H15F3O2. The summed E-state index contributed by atoms with van der Waals surface area (Å²) >= 11 is 0. The third-order valence-electron chi connectivity index (χ3n) is 3.06. The summed E-state index contributed by atoms with van der Waals surface area (Å²) in [5, 5.41) is 0. The fourth-order valence-electron chi connectivity index (χ4n) is 1.82. The smallest absolute Gasteiger partial charge is 0.456 e. The van der Waals surface area contributed by atoms with Gasteiger partial charge in [0.1, 0.15) is 6.10 Å². The minimum absolute atomic E-state index is 0.310. The summed E-state index contributed by atoms with van der Waals surface area (Å²) < 4.78 is 40.1. The first kappa shape index (κ1) is 12.3. The summed E-state index contributed by atoms with van der Waals surface area (Å²) in [6, 6.07) is 0. The van der Waals surface area contributed by atoms with Gasteiger partial charge in [0.25, 0.3) is 0 Å². The Morgan fingerprint density at radius 1 is 1.20 bits per heavy atom. The topological polar surface area (TPSA) is 26.3 Å². The van der Waals surface area contributed by atoms with E-state index in [0.717, 1.165) is 6.42 Å². The predicted molar refractivity (Wildman–Crippen MR) is 48.1 cm³/mol. The Morgan fingerprint density at radius 3 is 2.27 bits per heavy atom. The Kier molecular flexibility index (Phi) is 3.62. The van der Waals surface area contributed by atoms with Gasteiger partial charge in [-0.25, -0.2) is 4.79 Å². The molecule has 0 aromatic rings. The maximum atomic E-state index is 11.9. The van der Waals surface area contributed by atoms with Gasteiger partial charge in [-0.3, -0.25) is 0 Å². The second-order valence-electron chi connectivity index (χ2n) is 4.29. The quantitative estimate of drug-likeness (QED) is 0.640. The highest BCUT2D eigenvalue weighted by Gasteiger charge is 2.42. The van der Waals surface area contributed by atoms with E-state index in [-0.39, 0.29) is 0 Å². The molecule has 15 heavy (non-hydrogen) atoms. The molecule has 0 amide bonds. The molecule has 1 aliphatic carbocycles. The van der Waals surface area contributed by atoms with Gasteiger partial charge in [0.2, 0.25) is 0 Å². The molecule has 88 valence electrons. The molecular weight excluding hydrogens is 209 g/mol. The number of alkyl halides is 3. The third-order valence-corrected chi connectivity index (χ3v) is 3.06. The van der Waals surface area contributed by atoms with Crippen molar-refractivity contribution in [1.82, 2.24) is 0 Å². The number of hydrogen-bond donors (Lipinski definition) is 0. The summed E-state index contributed by atoms with van der Waals surface area (Å²) in [6.07, 6.45) is -3.55. The normalized spacial score (nSPS) is 32.5. The van der Waals surface area contributed by atoms with Crippen molar-refractivity contribution < 1.29 is 22.7 Å². The van der Waals surface area contributed by atoms with Crippen molar-refractivity contribution in [3.63, 3.8) is 0 Å². The van der Waals surface area contributed by atoms with Crippen molar-refractivity contribution in [1.29, 1.82) is 0 Å². The molecule has 3 atom stereocenters. The van der Waals surface area contributed by atoms with Crippen LogP contribution in [0, 0.1) is 11.8 Å². The monoisotopic (exact) mass is 224 g/mol. The number of halogens is 3. The van der Waals surface area contributed by atoms with Crippen LogP contribution in [0.5, 0.6) is 0 Å². The van der Waals surface area contributed by atoms with Gasteiger partial charge in [-0.15, -0.1) is 0 Å². The molecule has 1 aliphatic rings. The molecule has 1 fully saturated rings. The van der Waals surface area contributed by atoms with E-state index in [1.807, 2.05) is 6.92 Å². The minimum atomic E-state index is -4.87. The SMILES string of the molecule is C[C@H]1CC[C@H](OC(=O)C(F)(F)F)C[C@@H]1C. The molecule has 0 heterocycles. The molecule has 1 rings (SSSR count). The van der Waals surface area contributed by atoms with E-state index < -0.39 is 18.2 Å². The summed E-state index contributed by atoms with van der Waals surface area (Å²) in [5.41, 5.74) is 0. The fraction of sp³-hybridized carbons (Fsp3) is 0.900. The molecule has 5 heteroatoms. The van der Waals surface area contributed by atoms with Crippen molar-refractivity contribution >= 4 is 5.97 Å². The van der Waals surface area contributed by atoms with E-state index in [1.54, 1.807) is 0 Å². The van der Waals surface area contributed by atoms with Crippen molar-refractivity contribution in [2.24, 2.45) is 11.8 Å². The van der Waals surface area contributed by atoms with Crippen LogP contribution in [0.3, 0.4) is 0 Å². The number of carbonyl (C=O) groups is 1. The highest BCUT2D eigenvalue weighted by atomic mass is 19.4. The molecule has 0 saturated heterocycles. The van der Waals surface area contributed by atoms with Crippen LogP contribution in [-0.4, -0.2) is 18.2 Å². The number of esters is 1. The van der Waals surface area contributed by atoms with E-state index in [1.165, 1.54) is 0 Å². The van der Waals surface area contributed by atoms with Gasteiger partial charge in [-0.1, -0.05) is 13.8 Å². The number of carbonyl (C=O) groups excluding carboxylic acids is 1. The van der Waals surface area contributed by atoms with Crippen LogP contribution < -0.4 is 0 Å². The second-order valence-corrected chi connectivity index (χ2v) is 4.29. The zero-order valence-electron chi connectivity index (χ0n) is 8.80. The van der Waals surface area contributed by atoms with Crippen LogP contribution in [0.1, 0.15) is 33.1 Å². The van der Waals surface area contributed by atoms with E-state index in [4.69, 9.17) is 0 Å². The van der Waals surface area contributed by atoms with Crippen molar-refractivity contribution in [3.8, 4) is 0 Å². The molecule has 2 nitrogen and oxygen atoms in total. The van der Waals surface area contributed by atoms with Crippen molar-refractivity contribution in [2.75, 3.05) is 0 Å². The highest BCUT2D eigenvalue weighted by molar-refractivity contribution is 5.75. The van der Waals surface area contributed by atoms with Crippen LogP contribution in [0.4, 0.5) is 13.2 Å². The van der Waals surface area contributed by atoms with Crippen LogP contribution in [0.25, 0.3) is 0 Å². The summed E-state index contributed by atoms with van der Waals surface area (Å²) in [6.45, 7) is 4.03. The van der Waals surface area contributed by atoms with Crippen LogP contribution >= 0.6 is 0 Å². The molecule has 0 bridgehead atoms. The van der Waals surface area contributed by atoms with Crippen LogP contribution in [0.15, 0.2) is 0 Å². The van der Waals surface area contributed by atoms with E-state index in [0.29, 0.717) is 24.7 Å². The lowest BCUT2D eigenvalue weighted by Gasteiger charge is -2.31. The molecule has 0 N–H and O–H groups in total. The van der Waals surface area contributed by atoms with Gasteiger partial charge in [0, 0.05) is 0 Å². The largest absolute Gasteiger partial charge is 0.490 e. The Hall–Kier alpha value is -0.740. The lowest BCUT2D eigenvalue weighted by atomic mass is 9.80. The lowest BCUT2D eigenvalue weighted by Crippen LogP contribution is -2.34. The van der Waals surface area contributed by atoms with E-state index >= 15 is 0 Å². The average molecular weight is 224 g/mol. The van der Waals surface area contributed by atoms with Gasteiger partial charge in [0.15, 0.2) is 0 Å². The molecule has 0 unspecified atom stereocenters. The summed E-state index contributed by atoms with van der Waals surface area (Å²) in [7, 11) is 0. The first-order chi connectivity index (χ1) is 6.80. The Labute approximate surface area is 86.8 Å². The van der Waals surface area contributed by atoms with Crippen molar-refractivity contribution in [2.45, 2.75) is 45.4 Å². The van der Waals surface area contributed by atoms with E-state index in [2.05, 4.69) is 11.7 Å². The third kappa shape index (κ3) is 3.39. The maximum absolute atomic E-state index is 11.9. The Balaban J connectivity index is 2.44. The van der Waals surface area contributed by atoms with Crippen molar-refractivity contribution in [3.05, 3.63) is 0 Å². The van der Waals surface area contributed by atoms with Crippen LogP contribution in [0.2, 0.25) is 0 Å². The zero-order chi connectivity index (χ0) is 11.6. The molecule has 0 aromatic carbocycles. The summed E-state index contributed by atoms with van der Waals surface area (Å²) in [5.74, 6) is -1.26. The molecule has 0 aromatic heterocycles. The van der Waals surface area contributed by atoms with E-state index in [9.17, 15) is 18.0 Å². The predicted octanol–water partition coefficient (Wildman–Crippen LogP) is 2.92. The Morgan fingerprint density at radius 2 is 1.80 bits per heavy atom. The first-order valence-electron chi connectivity index (χ1n) is 5.08. The average Bonchev–Trinajstić information content (AvgIpc) is 2.10. The lowest BCUT2D eigenvalue weighted by molar-refractivity contribution is -0.207. The molecule has 0 aliphatic heterocycles. The number of hydrogen-bond acceptors (Lipinski definition) is 2. The zero-order valence-corrected chi connectivity index (χ0v) is 8.80. The summed E-state index contributed by atoms with van der Waals surface area (Å²) in [4.78, 5) is 10.6. The molecule has 1 saturated carbocycles. The standard InChI is InChI=1S/C10H15F3O2/c1-6-3-4-8(5-7(6)2)15-9(14)10(11,12)13/h6-8H,3-5H2,1-2H3/t6-,7-,8-/m0/s1. The fourth-order valence-corrected chi connectivity index (χ4v) is 1.82. The highest BCUT2D eigenvalue weighted by Crippen LogP contribution is 2.32. The van der Waals surface area contributed by atoms with Gasteiger partial charge in [-0.05, 0) is 31.1 Å². The van der Waals surface area contributed by atoms with Gasteiger partial charge in [0.05, 0.1) is 0 Å². The Bertz CT molecular complexity index is 237. The maximum Gasteiger partial charge on any atom is 0.490 e.